The number of hydrogen-bond acceptors (Lipinski definition) is 5. The van der Waals surface area contributed by atoms with Crippen LogP contribution < -0.4 is 4.57 Å². The first-order valence-electron chi connectivity index (χ1n) is 5.81. The molecule has 1 rings (SSSR count). The van der Waals surface area contributed by atoms with Gasteiger partial charge in [-0.1, -0.05) is 26.0 Å². The van der Waals surface area contributed by atoms with Crippen molar-refractivity contribution in [3.05, 3.63) is 31.4 Å². The molecule has 0 aliphatic carbocycles. The standard InChI is InChI=1S/C10H16N2O3S.H2O4S/c1-3-5-10(16(13,14)15)12-8-7-11(9-12)6-4-2;1-5(2,3)4/h4,7-10H,2-3,5-6H2,1H3;(H2,1,2,3,4). The second-order valence-electron chi connectivity index (χ2n) is 4.03. The van der Waals surface area contributed by atoms with Crippen LogP contribution in [0.5, 0.6) is 0 Å². The van der Waals surface area contributed by atoms with Gasteiger partial charge in [-0.25, -0.2) is 17.6 Å². The molecule has 0 fully saturated rings. The number of rotatable bonds is 6. The van der Waals surface area contributed by atoms with Crippen LogP contribution in [0.25, 0.3) is 0 Å². The quantitative estimate of drug-likeness (QED) is 0.324. The van der Waals surface area contributed by atoms with Crippen LogP contribution in [0.2, 0.25) is 0 Å². The maximum atomic E-state index is 11.2. The number of aromatic nitrogens is 2. The first kappa shape index (κ1) is 19.7. The predicted molar refractivity (Wildman–Crippen MR) is 72.6 cm³/mol. The van der Waals surface area contributed by atoms with E-state index in [0.29, 0.717) is 19.4 Å². The molecule has 0 saturated carbocycles. The van der Waals surface area contributed by atoms with E-state index in [0.717, 1.165) is 0 Å². The third-order valence-corrected chi connectivity index (χ3v) is 3.43. The van der Waals surface area contributed by atoms with Gasteiger partial charge in [0.15, 0.2) is 0 Å². The van der Waals surface area contributed by atoms with Gasteiger partial charge in [0.1, 0.15) is 18.9 Å². The summed E-state index contributed by atoms with van der Waals surface area (Å²) in [7, 11) is -8.97. The third-order valence-electron chi connectivity index (χ3n) is 2.26. The lowest BCUT2D eigenvalue weighted by Gasteiger charge is -2.08. The zero-order chi connectivity index (χ0) is 16.7. The summed E-state index contributed by atoms with van der Waals surface area (Å²) in [6.45, 7) is 6.08. The van der Waals surface area contributed by atoms with Crippen LogP contribution in [-0.2, 0) is 27.1 Å². The molecule has 122 valence electrons. The Morgan fingerprint density at radius 2 is 1.90 bits per heavy atom. The van der Waals surface area contributed by atoms with Crippen molar-refractivity contribution in [2.45, 2.75) is 31.7 Å². The molecular weight excluding hydrogens is 324 g/mol. The van der Waals surface area contributed by atoms with Crippen LogP contribution in [0.3, 0.4) is 0 Å². The molecule has 1 heterocycles. The van der Waals surface area contributed by atoms with E-state index in [9.17, 15) is 8.42 Å². The Bertz CT molecular complexity index is 641. The molecule has 21 heavy (non-hydrogen) atoms. The average Bonchev–Trinajstić information content (AvgIpc) is 2.70. The van der Waals surface area contributed by atoms with Gasteiger partial charge in [-0.15, -0.1) is 0 Å². The molecule has 0 aliphatic heterocycles. The Hall–Kier alpha value is -1.27. The van der Waals surface area contributed by atoms with Gasteiger partial charge in [-0.2, -0.15) is 8.42 Å². The molecule has 11 heteroatoms. The molecule has 0 radical (unpaired) electrons. The van der Waals surface area contributed by atoms with Crippen molar-refractivity contribution in [1.82, 2.24) is 4.57 Å². The van der Waals surface area contributed by atoms with E-state index in [1.165, 1.54) is 4.57 Å². The second-order valence-corrected chi connectivity index (χ2v) is 6.46. The fraction of sp³-hybridized carbons (Fsp3) is 0.500. The normalized spacial score (nSPS) is 13.1. The van der Waals surface area contributed by atoms with Crippen molar-refractivity contribution in [2.75, 3.05) is 0 Å². The van der Waals surface area contributed by atoms with Gasteiger partial charge in [0, 0.05) is 6.42 Å². The summed E-state index contributed by atoms with van der Waals surface area (Å²) >= 11 is 0. The van der Waals surface area contributed by atoms with Gasteiger partial charge in [-0.3, -0.25) is 9.11 Å². The first-order chi connectivity index (χ1) is 9.49. The summed E-state index contributed by atoms with van der Waals surface area (Å²) in [5, 5.41) is -0.899. The van der Waals surface area contributed by atoms with Gasteiger partial charge in [0.05, 0.1) is 0 Å². The van der Waals surface area contributed by atoms with E-state index in [1.54, 1.807) is 29.4 Å². The molecule has 0 spiro atoms. The van der Waals surface area contributed by atoms with Crippen LogP contribution in [0.15, 0.2) is 31.4 Å². The van der Waals surface area contributed by atoms with E-state index < -0.39 is 25.9 Å². The van der Waals surface area contributed by atoms with Gasteiger partial charge in [-0.05, 0) is 0 Å². The number of imidazole rings is 1. The first-order valence-corrected chi connectivity index (χ1v) is 8.67. The van der Waals surface area contributed by atoms with E-state index in [4.69, 9.17) is 22.1 Å². The van der Waals surface area contributed by atoms with Crippen molar-refractivity contribution in [3.8, 4) is 0 Å². The summed E-state index contributed by atoms with van der Waals surface area (Å²) < 4.78 is 67.6. The summed E-state index contributed by atoms with van der Waals surface area (Å²) in [6, 6.07) is 0. The van der Waals surface area contributed by atoms with Gasteiger partial charge in [0.25, 0.3) is 0 Å². The van der Waals surface area contributed by atoms with Crippen LogP contribution in [0.1, 0.15) is 25.1 Å². The largest absolute Gasteiger partial charge is 0.726 e. The van der Waals surface area contributed by atoms with E-state index in [1.807, 2.05) is 6.92 Å². The summed E-state index contributed by atoms with van der Waals surface area (Å²) in [4.78, 5) is 0. The molecule has 0 amide bonds. The van der Waals surface area contributed by atoms with Gasteiger partial charge >= 0.3 is 10.1 Å². The number of allylic oxidation sites excluding steroid dienone is 1. The van der Waals surface area contributed by atoms with Crippen LogP contribution in [0.4, 0.5) is 0 Å². The monoisotopic (exact) mass is 342 g/mol. The van der Waals surface area contributed by atoms with Gasteiger partial charge < -0.3 is 4.55 Å². The van der Waals surface area contributed by atoms with Crippen molar-refractivity contribution in [1.29, 1.82) is 0 Å². The van der Waals surface area contributed by atoms with Gasteiger partial charge in [0.2, 0.25) is 22.1 Å². The number of nitrogens with zero attached hydrogens (tertiary/aromatic N) is 2. The lowest BCUT2D eigenvalue weighted by molar-refractivity contribution is -0.686. The van der Waals surface area contributed by atoms with E-state index >= 15 is 0 Å². The van der Waals surface area contributed by atoms with Crippen LogP contribution in [0, 0.1) is 0 Å². The minimum Gasteiger partial charge on any atom is -0.726 e. The average molecular weight is 342 g/mol. The Morgan fingerprint density at radius 3 is 2.29 bits per heavy atom. The van der Waals surface area contributed by atoms with Crippen LogP contribution >= 0.6 is 0 Å². The summed E-state index contributed by atoms with van der Waals surface area (Å²) in [6.07, 6.45) is 7.82. The van der Waals surface area contributed by atoms with Crippen molar-refractivity contribution in [3.63, 3.8) is 0 Å². The Kier molecular flexibility index (Phi) is 7.74. The summed E-state index contributed by atoms with van der Waals surface area (Å²) in [5.74, 6) is 0. The lowest BCUT2D eigenvalue weighted by Crippen LogP contribution is -2.30. The predicted octanol–water partition coefficient (Wildman–Crippen LogP) is 0.153. The highest BCUT2D eigenvalue weighted by Gasteiger charge is 2.28. The van der Waals surface area contributed by atoms with Crippen molar-refractivity contribution >= 4 is 20.5 Å². The lowest BCUT2D eigenvalue weighted by atomic mass is 10.3. The van der Waals surface area contributed by atoms with E-state index in [-0.39, 0.29) is 0 Å². The zero-order valence-corrected chi connectivity index (χ0v) is 13.0. The van der Waals surface area contributed by atoms with E-state index in [2.05, 4.69) is 6.58 Å². The molecule has 0 saturated heterocycles. The Labute approximate surface area is 123 Å². The molecule has 0 aromatic carbocycles. The minimum absolute atomic E-state index is 0.390. The maximum absolute atomic E-state index is 11.2. The smallest absolute Gasteiger partial charge is 0.307 e. The highest BCUT2D eigenvalue weighted by Crippen LogP contribution is 2.18. The van der Waals surface area contributed by atoms with Crippen LogP contribution in [-0.4, -0.2) is 35.1 Å². The third kappa shape index (κ3) is 9.31. The zero-order valence-electron chi connectivity index (χ0n) is 11.4. The highest BCUT2D eigenvalue weighted by molar-refractivity contribution is 7.85. The molecule has 0 aliphatic rings. The molecule has 9 nitrogen and oxygen atoms in total. The van der Waals surface area contributed by atoms with Crippen molar-refractivity contribution < 1.29 is 35.1 Å². The summed E-state index contributed by atoms with van der Waals surface area (Å²) in [5.41, 5.74) is 0. The number of hydrogen-bond donors (Lipinski definition) is 2. The fourth-order valence-electron chi connectivity index (χ4n) is 1.54. The molecule has 0 bridgehead atoms. The molecule has 1 atom stereocenters. The molecule has 2 N–H and O–H groups in total. The Balaban J connectivity index is 0.000000690. The topological polar surface area (TPSA) is 141 Å². The Morgan fingerprint density at radius 1 is 1.38 bits per heavy atom. The molecular formula is C10H18N2O7S2. The fourth-order valence-corrected chi connectivity index (χ4v) is 2.50. The molecule has 1 unspecified atom stereocenters. The maximum Gasteiger partial charge on any atom is 0.307 e. The van der Waals surface area contributed by atoms with Crippen molar-refractivity contribution in [2.24, 2.45) is 0 Å². The second kappa shape index (κ2) is 8.24. The molecule has 1 aromatic rings. The molecule has 1 aromatic heterocycles. The minimum atomic E-state index is -4.92. The SMILES string of the molecule is C=CC[n+]1ccn(C(CCC)S(=O)(=O)O)c1.O=S(=O)([O-])O. The highest BCUT2D eigenvalue weighted by atomic mass is 32.3.